The fourth-order valence-corrected chi connectivity index (χ4v) is 3.07. The van der Waals surface area contributed by atoms with E-state index in [2.05, 4.69) is 31.2 Å². The van der Waals surface area contributed by atoms with E-state index in [9.17, 15) is 8.42 Å². The molecule has 25 heavy (non-hydrogen) atoms. The molecule has 0 atom stereocenters. The van der Waals surface area contributed by atoms with E-state index >= 15 is 0 Å². The second-order valence-corrected chi connectivity index (χ2v) is 8.46. The SMILES string of the molecule is CCCCC/C=C\C/C=C\CCCCCCCCCCOS(C)(=O)=O. The topological polar surface area (TPSA) is 43.4 Å². The molecule has 0 aromatic carbocycles. The lowest BCUT2D eigenvalue weighted by atomic mass is 10.1. The number of rotatable bonds is 18. The van der Waals surface area contributed by atoms with E-state index in [1.54, 1.807) is 0 Å². The minimum Gasteiger partial charge on any atom is -0.270 e. The highest BCUT2D eigenvalue weighted by atomic mass is 32.2. The number of allylic oxidation sites excluding steroid dienone is 4. The van der Waals surface area contributed by atoms with Gasteiger partial charge in [-0.25, -0.2) is 0 Å². The lowest BCUT2D eigenvalue weighted by Gasteiger charge is -2.02. The summed E-state index contributed by atoms with van der Waals surface area (Å²) in [4.78, 5) is 0. The van der Waals surface area contributed by atoms with Crippen LogP contribution in [-0.4, -0.2) is 21.3 Å². The molecule has 0 radical (unpaired) electrons. The maximum absolute atomic E-state index is 10.8. The van der Waals surface area contributed by atoms with Gasteiger partial charge in [-0.15, -0.1) is 0 Å². The van der Waals surface area contributed by atoms with Crippen molar-refractivity contribution in [3.05, 3.63) is 24.3 Å². The van der Waals surface area contributed by atoms with Gasteiger partial charge in [0.25, 0.3) is 10.1 Å². The summed E-state index contributed by atoms with van der Waals surface area (Å²) in [5, 5.41) is 0. The molecule has 0 saturated carbocycles. The monoisotopic (exact) mass is 372 g/mol. The molecule has 0 unspecified atom stereocenters. The molecule has 0 fully saturated rings. The molecule has 148 valence electrons. The molecular formula is C21H40O3S. The Balaban J connectivity index is 3.19. The molecule has 0 spiro atoms. The highest BCUT2D eigenvalue weighted by Gasteiger charge is 2.00. The van der Waals surface area contributed by atoms with Gasteiger partial charge in [-0.1, -0.05) is 82.6 Å². The van der Waals surface area contributed by atoms with Gasteiger partial charge in [0.05, 0.1) is 12.9 Å². The summed E-state index contributed by atoms with van der Waals surface area (Å²) in [6.07, 6.45) is 27.3. The Morgan fingerprint density at radius 2 is 1.16 bits per heavy atom. The van der Waals surface area contributed by atoms with Crippen LogP contribution in [0.15, 0.2) is 24.3 Å². The standard InChI is InChI=1S/C21H40O3S/c1-3-4-5-6-7-8-9-10-11-12-13-14-15-16-17-18-19-20-21-24-25(2,22)23/h7-8,10-11H,3-6,9,12-21H2,1-2H3/b8-7-,11-10-. The van der Waals surface area contributed by atoms with Gasteiger partial charge < -0.3 is 0 Å². The molecule has 0 aliphatic rings. The van der Waals surface area contributed by atoms with Crippen molar-refractivity contribution in [2.75, 3.05) is 12.9 Å². The van der Waals surface area contributed by atoms with E-state index in [0.29, 0.717) is 6.61 Å². The Kier molecular flexibility index (Phi) is 17.7. The molecule has 0 bridgehead atoms. The molecule has 0 saturated heterocycles. The summed E-state index contributed by atoms with van der Waals surface area (Å²) < 4.78 is 26.3. The summed E-state index contributed by atoms with van der Waals surface area (Å²) in [7, 11) is -3.26. The average molecular weight is 373 g/mol. The molecule has 0 aliphatic heterocycles. The molecular weight excluding hydrogens is 332 g/mol. The average Bonchev–Trinajstić information content (AvgIpc) is 2.56. The van der Waals surface area contributed by atoms with Crippen LogP contribution in [0.2, 0.25) is 0 Å². The molecule has 0 heterocycles. The van der Waals surface area contributed by atoms with Gasteiger partial charge in [0, 0.05) is 0 Å². The first-order valence-electron chi connectivity index (χ1n) is 10.2. The van der Waals surface area contributed by atoms with Crippen LogP contribution in [0, 0.1) is 0 Å². The Morgan fingerprint density at radius 1 is 0.680 bits per heavy atom. The van der Waals surface area contributed by atoms with E-state index < -0.39 is 10.1 Å². The summed E-state index contributed by atoms with van der Waals surface area (Å²) in [5.41, 5.74) is 0. The van der Waals surface area contributed by atoms with Crippen LogP contribution >= 0.6 is 0 Å². The third kappa shape index (κ3) is 23.4. The van der Waals surface area contributed by atoms with Crippen molar-refractivity contribution < 1.29 is 12.6 Å². The largest absolute Gasteiger partial charge is 0.270 e. The van der Waals surface area contributed by atoms with Gasteiger partial charge in [-0.3, -0.25) is 4.18 Å². The first-order valence-corrected chi connectivity index (χ1v) is 12.0. The van der Waals surface area contributed by atoms with Crippen molar-refractivity contribution in [1.82, 2.24) is 0 Å². The fraction of sp³-hybridized carbons (Fsp3) is 0.810. The summed E-state index contributed by atoms with van der Waals surface area (Å²) >= 11 is 0. The normalized spacial score (nSPS) is 12.6. The number of hydrogen-bond donors (Lipinski definition) is 0. The zero-order valence-electron chi connectivity index (χ0n) is 16.5. The first-order chi connectivity index (χ1) is 12.1. The van der Waals surface area contributed by atoms with Crippen LogP contribution in [0.5, 0.6) is 0 Å². The Hall–Kier alpha value is -0.610. The van der Waals surface area contributed by atoms with Crippen LogP contribution in [0.3, 0.4) is 0 Å². The van der Waals surface area contributed by atoms with E-state index in [0.717, 1.165) is 25.5 Å². The van der Waals surface area contributed by atoms with Crippen molar-refractivity contribution in [3.63, 3.8) is 0 Å². The van der Waals surface area contributed by atoms with Gasteiger partial charge in [-0.05, 0) is 38.5 Å². The van der Waals surface area contributed by atoms with Crippen LogP contribution in [0.1, 0.15) is 96.8 Å². The first kappa shape index (κ1) is 24.4. The molecule has 0 amide bonds. The van der Waals surface area contributed by atoms with Crippen LogP contribution < -0.4 is 0 Å². The van der Waals surface area contributed by atoms with Crippen molar-refractivity contribution >= 4 is 10.1 Å². The zero-order chi connectivity index (χ0) is 18.6. The van der Waals surface area contributed by atoms with Crippen molar-refractivity contribution in [1.29, 1.82) is 0 Å². The maximum Gasteiger partial charge on any atom is 0.264 e. The molecule has 0 aliphatic carbocycles. The van der Waals surface area contributed by atoms with Crippen molar-refractivity contribution in [2.24, 2.45) is 0 Å². The van der Waals surface area contributed by atoms with E-state index in [1.165, 1.54) is 70.6 Å². The van der Waals surface area contributed by atoms with Crippen LogP contribution in [0.25, 0.3) is 0 Å². The predicted octanol–water partition coefficient (Wildman–Crippen LogP) is 6.56. The molecule has 3 nitrogen and oxygen atoms in total. The summed E-state index contributed by atoms with van der Waals surface area (Å²) in [6.45, 7) is 2.58. The third-order valence-corrected chi connectivity index (χ3v) is 4.74. The molecule has 0 aromatic rings. The summed E-state index contributed by atoms with van der Waals surface area (Å²) in [6, 6.07) is 0. The van der Waals surface area contributed by atoms with E-state index in [1.807, 2.05) is 0 Å². The minimum atomic E-state index is -3.26. The van der Waals surface area contributed by atoms with Gasteiger partial charge in [0.15, 0.2) is 0 Å². The number of unbranched alkanes of at least 4 members (excludes halogenated alkanes) is 11. The Bertz CT molecular complexity index is 424. The zero-order valence-corrected chi connectivity index (χ0v) is 17.4. The lowest BCUT2D eigenvalue weighted by molar-refractivity contribution is 0.309. The molecule has 0 aromatic heterocycles. The Labute approximate surface area is 157 Å². The fourth-order valence-electron chi connectivity index (χ4n) is 2.65. The quantitative estimate of drug-likeness (QED) is 0.155. The second kappa shape index (κ2) is 18.2. The van der Waals surface area contributed by atoms with E-state index in [4.69, 9.17) is 4.18 Å². The highest BCUT2D eigenvalue weighted by molar-refractivity contribution is 7.85. The van der Waals surface area contributed by atoms with Crippen LogP contribution in [-0.2, 0) is 14.3 Å². The van der Waals surface area contributed by atoms with Gasteiger partial charge in [0.2, 0.25) is 0 Å². The molecule has 0 N–H and O–H groups in total. The lowest BCUT2D eigenvalue weighted by Crippen LogP contribution is -2.03. The van der Waals surface area contributed by atoms with Crippen LogP contribution in [0.4, 0.5) is 0 Å². The van der Waals surface area contributed by atoms with Gasteiger partial charge >= 0.3 is 0 Å². The Morgan fingerprint density at radius 3 is 1.68 bits per heavy atom. The van der Waals surface area contributed by atoms with Crippen molar-refractivity contribution in [3.8, 4) is 0 Å². The van der Waals surface area contributed by atoms with Crippen molar-refractivity contribution in [2.45, 2.75) is 96.8 Å². The van der Waals surface area contributed by atoms with Gasteiger partial charge in [-0.2, -0.15) is 8.42 Å². The molecule has 0 rings (SSSR count). The summed E-state index contributed by atoms with van der Waals surface area (Å²) in [5.74, 6) is 0. The second-order valence-electron chi connectivity index (χ2n) is 6.82. The van der Waals surface area contributed by atoms with Gasteiger partial charge in [0.1, 0.15) is 0 Å². The third-order valence-electron chi connectivity index (χ3n) is 4.14. The highest BCUT2D eigenvalue weighted by Crippen LogP contribution is 2.10. The smallest absolute Gasteiger partial charge is 0.264 e. The van der Waals surface area contributed by atoms with E-state index in [-0.39, 0.29) is 0 Å². The number of hydrogen-bond acceptors (Lipinski definition) is 3. The minimum absolute atomic E-state index is 0.332. The molecule has 4 heteroatoms. The maximum atomic E-state index is 10.8. The predicted molar refractivity (Wildman–Crippen MR) is 109 cm³/mol.